The zero-order chi connectivity index (χ0) is 11.3. The van der Waals surface area contributed by atoms with Crippen LogP contribution in [0.4, 0.5) is 19.0 Å². The molecule has 6 heteroatoms. The van der Waals surface area contributed by atoms with Crippen LogP contribution in [-0.2, 0) is 6.42 Å². The molecule has 0 amide bonds. The quantitative estimate of drug-likeness (QED) is 0.778. The van der Waals surface area contributed by atoms with Gasteiger partial charge >= 0.3 is 6.18 Å². The van der Waals surface area contributed by atoms with Gasteiger partial charge in [-0.15, -0.1) is 6.42 Å². The van der Waals surface area contributed by atoms with Crippen molar-refractivity contribution >= 4 is 5.82 Å². The van der Waals surface area contributed by atoms with E-state index in [1.54, 1.807) is 0 Å². The van der Waals surface area contributed by atoms with Crippen LogP contribution in [0.15, 0.2) is 12.4 Å². The lowest BCUT2D eigenvalue weighted by molar-refractivity contribution is -0.127. The fourth-order valence-corrected chi connectivity index (χ4v) is 0.938. The van der Waals surface area contributed by atoms with Gasteiger partial charge in [-0.05, 0) is 0 Å². The first-order valence-corrected chi connectivity index (χ1v) is 4.06. The van der Waals surface area contributed by atoms with E-state index in [0.717, 1.165) is 6.33 Å². The van der Waals surface area contributed by atoms with Gasteiger partial charge in [-0.25, -0.2) is 9.97 Å². The van der Waals surface area contributed by atoms with E-state index in [-0.39, 0.29) is 12.2 Å². The summed E-state index contributed by atoms with van der Waals surface area (Å²) in [5.41, 5.74) is -0.0861. The molecule has 3 nitrogen and oxygen atoms in total. The average molecular weight is 215 g/mol. The van der Waals surface area contributed by atoms with Gasteiger partial charge in [0.05, 0.1) is 18.7 Å². The van der Waals surface area contributed by atoms with Crippen molar-refractivity contribution in [3.8, 4) is 12.3 Å². The second-order valence-electron chi connectivity index (χ2n) is 2.74. The Hall–Kier alpha value is -1.77. The van der Waals surface area contributed by atoms with E-state index in [0.29, 0.717) is 5.82 Å². The molecule has 80 valence electrons. The number of aromatic nitrogens is 2. The fourth-order valence-electron chi connectivity index (χ4n) is 0.938. The highest BCUT2D eigenvalue weighted by atomic mass is 19.4. The molecule has 0 fully saturated rings. The summed E-state index contributed by atoms with van der Waals surface area (Å²) in [6.45, 7) is 0.211. The zero-order valence-corrected chi connectivity index (χ0v) is 7.67. The molecular weight excluding hydrogens is 207 g/mol. The van der Waals surface area contributed by atoms with E-state index in [4.69, 9.17) is 6.42 Å². The number of alkyl halides is 3. The van der Waals surface area contributed by atoms with E-state index in [1.807, 2.05) is 0 Å². The molecule has 0 bridgehead atoms. The molecular formula is C9H8F3N3. The van der Waals surface area contributed by atoms with E-state index in [2.05, 4.69) is 21.2 Å². The first kappa shape index (κ1) is 11.3. The topological polar surface area (TPSA) is 37.8 Å². The first-order chi connectivity index (χ1) is 7.01. The maximum atomic E-state index is 12.0. The molecule has 15 heavy (non-hydrogen) atoms. The molecule has 0 atom stereocenters. The van der Waals surface area contributed by atoms with Crippen LogP contribution in [-0.4, -0.2) is 22.7 Å². The summed E-state index contributed by atoms with van der Waals surface area (Å²) in [5.74, 6) is 2.58. The number of nitrogens with zero attached hydrogens (tertiary/aromatic N) is 2. The molecule has 0 aliphatic heterocycles. The van der Waals surface area contributed by atoms with Gasteiger partial charge in [0.2, 0.25) is 0 Å². The molecule has 1 aromatic rings. The highest BCUT2D eigenvalue weighted by Crippen LogP contribution is 2.20. The third kappa shape index (κ3) is 4.31. The third-order valence-corrected chi connectivity index (χ3v) is 1.48. The highest BCUT2D eigenvalue weighted by molar-refractivity contribution is 5.36. The predicted molar refractivity (Wildman–Crippen MR) is 49.1 cm³/mol. The van der Waals surface area contributed by atoms with E-state index >= 15 is 0 Å². The van der Waals surface area contributed by atoms with Crippen LogP contribution in [0.5, 0.6) is 0 Å². The van der Waals surface area contributed by atoms with Crippen molar-refractivity contribution in [1.82, 2.24) is 9.97 Å². The number of halogens is 3. The Balaban J connectivity index is 2.71. The Kier molecular flexibility index (Phi) is 3.50. The second-order valence-corrected chi connectivity index (χ2v) is 2.74. The van der Waals surface area contributed by atoms with Crippen molar-refractivity contribution in [3.05, 3.63) is 18.1 Å². The monoisotopic (exact) mass is 215 g/mol. The van der Waals surface area contributed by atoms with Crippen LogP contribution in [0.2, 0.25) is 0 Å². The summed E-state index contributed by atoms with van der Waals surface area (Å²) < 4.78 is 36.0. The number of hydrogen-bond donors (Lipinski definition) is 1. The first-order valence-electron chi connectivity index (χ1n) is 4.06. The van der Waals surface area contributed by atoms with Crippen molar-refractivity contribution in [2.45, 2.75) is 12.6 Å². The predicted octanol–water partition coefficient (Wildman–Crippen LogP) is 1.63. The summed E-state index contributed by atoms with van der Waals surface area (Å²) in [4.78, 5) is 7.23. The van der Waals surface area contributed by atoms with Gasteiger partial charge in [0.25, 0.3) is 0 Å². The van der Waals surface area contributed by atoms with E-state index in [9.17, 15) is 13.2 Å². The van der Waals surface area contributed by atoms with Gasteiger partial charge in [-0.2, -0.15) is 13.2 Å². The molecule has 0 radical (unpaired) electrons. The van der Waals surface area contributed by atoms with Crippen molar-refractivity contribution in [2.24, 2.45) is 0 Å². The molecule has 0 aromatic carbocycles. The largest absolute Gasteiger partial charge is 0.394 e. The minimum atomic E-state index is -4.27. The van der Waals surface area contributed by atoms with Crippen LogP contribution in [0, 0.1) is 12.3 Å². The molecule has 0 aliphatic carbocycles. The minimum absolute atomic E-state index is 0.0861. The number of terminal acetylenes is 1. The highest BCUT2D eigenvalue weighted by Gasteiger charge is 2.28. The van der Waals surface area contributed by atoms with Crippen LogP contribution in [0.3, 0.4) is 0 Å². The molecule has 0 saturated heterocycles. The van der Waals surface area contributed by atoms with Gasteiger partial charge in [-0.3, -0.25) is 0 Å². The zero-order valence-electron chi connectivity index (χ0n) is 7.67. The molecule has 0 saturated carbocycles. The van der Waals surface area contributed by atoms with Gasteiger partial charge in [0.1, 0.15) is 12.1 Å². The molecule has 1 N–H and O–H groups in total. The van der Waals surface area contributed by atoms with Crippen molar-refractivity contribution in [3.63, 3.8) is 0 Å². The Labute approximate surface area is 84.7 Å². The normalized spacial score (nSPS) is 10.8. The molecule has 1 rings (SSSR count). The maximum Gasteiger partial charge on any atom is 0.394 e. The van der Waals surface area contributed by atoms with Crippen LogP contribution < -0.4 is 5.32 Å². The molecule has 0 unspecified atom stereocenters. The second kappa shape index (κ2) is 4.64. The average Bonchev–Trinajstić information content (AvgIpc) is 2.12. The maximum absolute atomic E-state index is 12.0. The van der Waals surface area contributed by atoms with Gasteiger partial charge in [0, 0.05) is 6.07 Å². The SMILES string of the molecule is C#CCNc1cc(CC(F)(F)F)ncn1. The molecule has 1 heterocycles. The van der Waals surface area contributed by atoms with Crippen molar-refractivity contribution in [2.75, 3.05) is 11.9 Å². The Morgan fingerprint density at radius 3 is 2.73 bits per heavy atom. The summed E-state index contributed by atoms with van der Waals surface area (Å²) in [5, 5.41) is 2.67. The summed E-state index contributed by atoms with van der Waals surface area (Å²) in [6, 6.07) is 1.23. The number of nitrogens with one attached hydrogen (secondary N) is 1. The number of hydrogen-bond acceptors (Lipinski definition) is 3. The van der Waals surface area contributed by atoms with Crippen LogP contribution in [0.1, 0.15) is 5.69 Å². The summed E-state index contributed by atoms with van der Waals surface area (Å²) >= 11 is 0. The Morgan fingerprint density at radius 2 is 2.13 bits per heavy atom. The fraction of sp³-hybridized carbons (Fsp3) is 0.333. The van der Waals surface area contributed by atoms with Gasteiger partial charge < -0.3 is 5.32 Å². The van der Waals surface area contributed by atoms with Gasteiger partial charge in [0.15, 0.2) is 0 Å². The minimum Gasteiger partial charge on any atom is -0.359 e. The van der Waals surface area contributed by atoms with E-state index in [1.165, 1.54) is 6.07 Å². The molecule has 0 spiro atoms. The van der Waals surface area contributed by atoms with Gasteiger partial charge in [-0.1, -0.05) is 5.92 Å². The third-order valence-electron chi connectivity index (χ3n) is 1.48. The van der Waals surface area contributed by atoms with Crippen LogP contribution in [0.25, 0.3) is 0 Å². The number of rotatable bonds is 3. The lowest BCUT2D eigenvalue weighted by atomic mass is 10.3. The molecule has 1 aromatic heterocycles. The smallest absolute Gasteiger partial charge is 0.359 e. The lowest BCUT2D eigenvalue weighted by Crippen LogP contribution is -2.13. The standard InChI is InChI=1S/C9H8F3N3/c1-2-3-13-8-4-7(14-6-15-8)5-9(10,11)12/h1,4,6H,3,5H2,(H,13,14,15). The van der Waals surface area contributed by atoms with Crippen LogP contribution >= 0.6 is 0 Å². The lowest BCUT2D eigenvalue weighted by Gasteiger charge is -2.06. The van der Waals surface area contributed by atoms with E-state index < -0.39 is 12.6 Å². The molecule has 0 aliphatic rings. The summed E-state index contributed by atoms with van der Waals surface area (Å²) in [6.07, 6.45) is 0.714. The van der Waals surface area contributed by atoms with Crippen molar-refractivity contribution < 1.29 is 13.2 Å². The Morgan fingerprint density at radius 1 is 1.40 bits per heavy atom. The van der Waals surface area contributed by atoms with Crippen molar-refractivity contribution in [1.29, 1.82) is 0 Å². The summed E-state index contributed by atoms with van der Waals surface area (Å²) in [7, 11) is 0. The Bertz CT molecular complexity index is 368. The number of anilines is 1.